The van der Waals surface area contributed by atoms with Gasteiger partial charge in [0.15, 0.2) is 0 Å². The van der Waals surface area contributed by atoms with E-state index >= 15 is 0 Å². The van der Waals surface area contributed by atoms with Crippen LogP contribution < -0.4 is 0 Å². The Morgan fingerprint density at radius 3 is 3.00 bits per heavy atom. The predicted octanol–water partition coefficient (Wildman–Crippen LogP) is 3.59. The van der Waals surface area contributed by atoms with Crippen LogP contribution in [0.3, 0.4) is 0 Å². The zero-order chi connectivity index (χ0) is 11.0. The van der Waals surface area contributed by atoms with Crippen molar-refractivity contribution in [3.05, 3.63) is 52.5 Å². The standard InChI is InChI=1S/C13H11BrN2/c14-12-3-1-11-8-13(4-2-10(11)7-12)16-6-5-15-9-16/h1,3,5-9H,2,4H2. The summed E-state index contributed by atoms with van der Waals surface area (Å²) in [7, 11) is 0. The number of aryl methyl sites for hydroxylation is 1. The molecule has 0 N–H and O–H groups in total. The normalized spacial score (nSPS) is 14.4. The van der Waals surface area contributed by atoms with Crippen LogP contribution >= 0.6 is 15.9 Å². The van der Waals surface area contributed by atoms with Gasteiger partial charge in [-0.2, -0.15) is 0 Å². The minimum atomic E-state index is 1.07. The molecular weight excluding hydrogens is 264 g/mol. The second-order valence-corrected chi connectivity index (χ2v) is 4.86. The second-order valence-electron chi connectivity index (χ2n) is 3.95. The van der Waals surface area contributed by atoms with Crippen molar-refractivity contribution in [2.75, 3.05) is 0 Å². The number of benzene rings is 1. The summed E-state index contributed by atoms with van der Waals surface area (Å²) in [6.45, 7) is 0. The first-order valence-electron chi connectivity index (χ1n) is 5.30. The molecule has 16 heavy (non-hydrogen) atoms. The fraction of sp³-hybridized carbons (Fsp3) is 0.154. The molecule has 3 rings (SSSR count). The summed E-state index contributed by atoms with van der Waals surface area (Å²) in [6, 6.07) is 6.46. The third-order valence-electron chi connectivity index (χ3n) is 2.91. The maximum atomic E-state index is 4.08. The van der Waals surface area contributed by atoms with Gasteiger partial charge in [-0.3, -0.25) is 0 Å². The number of nitrogens with zero attached hydrogens (tertiary/aromatic N) is 2. The molecule has 0 amide bonds. The lowest BCUT2D eigenvalue weighted by Gasteiger charge is -2.17. The second kappa shape index (κ2) is 3.91. The molecule has 1 heterocycles. The molecule has 1 aromatic heterocycles. The Kier molecular flexibility index (Phi) is 2.40. The zero-order valence-electron chi connectivity index (χ0n) is 8.73. The molecule has 0 saturated carbocycles. The smallest absolute Gasteiger partial charge is 0.0989 e. The SMILES string of the molecule is Brc1ccc2c(c1)CCC(n1ccnc1)=C2. The summed E-state index contributed by atoms with van der Waals surface area (Å²) in [6.07, 6.45) is 10.1. The lowest BCUT2D eigenvalue weighted by atomic mass is 9.95. The van der Waals surface area contributed by atoms with Crippen molar-refractivity contribution in [3.8, 4) is 0 Å². The lowest BCUT2D eigenvalue weighted by molar-refractivity contribution is 0.916. The van der Waals surface area contributed by atoms with Crippen LogP contribution in [0.2, 0.25) is 0 Å². The van der Waals surface area contributed by atoms with Gasteiger partial charge in [0.05, 0.1) is 6.33 Å². The van der Waals surface area contributed by atoms with Gasteiger partial charge in [0.2, 0.25) is 0 Å². The minimum Gasteiger partial charge on any atom is -0.310 e. The van der Waals surface area contributed by atoms with E-state index in [1.54, 1.807) is 0 Å². The molecule has 0 fully saturated rings. The van der Waals surface area contributed by atoms with Gasteiger partial charge in [-0.1, -0.05) is 22.0 Å². The van der Waals surface area contributed by atoms with Crippen molar-refractivity contribution >= 4 is 27.7 Å². The Balaban J connectivity index is 2.05. The Bertz CT molecular complexity index is 541. The van der Waals surface area contributed by atoms with Gasteiger partial charge in [0.1, 0.15) is 0 Å². The fourth-order valence-electron chi connectivity index (χ4n) is 2.08. The Hall–Kier alpha value is -1.35. The third kappa shape index (κ3) is 1.71. The maximum Gasteiger partial charge on any atom is 0.0989 e. The number of rotatable bonds is 1. The maximum absolute atomic E-state index is 4.08. The molecule has 0 spiro atoms. The van der Waals surface area contributed by atoms with E-state index in [0.29, 0.717) is 0 Å². The molecule has 1 aromatic carbocycles. The van der Waals surface area contributed by atoms with Crippen LogP contribution in [0.15, 0.2) is 41.4 Å². The third-order valence-corrected chi connectivity index (χ3v) is 3.41. The molecule has 1 aliphatic carbocycles. The number of imidazole rings is 1. The topological polar surface area (TPSA) is 17.8 Å². The van der Waals surface area contributed by atoms with Crippen molar-refractivity contribution in [1.82, 2.24) is 9.55 Å². The quantitative estimate of drug-likeness (QED) is 0.777. The molecule has 80 valence electrons. The fourth-order valence-corrected chi connectivity index (χ4v) is 2.49. The number of halogens is 1. The number of hydrogen-bond acceptors (Lipinski definition) is 1. The molecule has 3 heteroatoms. The van der Waals surface area contributed by atoms with Crippen LogP contribution in [0, 0.1) is 0 Å². The largest absolute Gasteiger partial charge is 0.310 e. The number of fused-ring (bicyclic) bond motifs is 1. The van der Waals surface area contributed by atoms with E-state index in [0.717, 1.165) is 17.3 Å². The first kappa shape index (κ1) is 9.85. The van der Waals surface area contributed by atoms with Gasteiger partial charge in [0, 0.05) is 22.6 Å². The molecule has 1 aliphatic rings. The molecular formula is C13H11BrN2. The lowest BCUT2D eigenvalue weighted by Crippen LogP contribution is -2.03. The Labute approximate surface area is 103 Å². The Morgan fingerprint density at radius 2 is 2.19 bits per heavy atom. The van der Waals surface area contributed by atoms with Crippen molar-refractivity contribution in [2.45, 2.75) is 12.8 Å². The summed E-state index contributed by atoms with van der Waals surface area (Å²) in [5, 5.41) is 0. The van der Waals surface area contributed by atoms with Crippen molar-refractivity contribution in [3.63, 3.8) is 0 Å². The molecule has 0 atom stereocenters. The van der Waals surface area contributed by atoms with Crippen LogP contribution in [0.4, 0.5) is 0 Å². The number of allylic oxidation sites excluding steroid dienone is 1. The van der Waals surface area contributed by atoms with E-state index in [4.69, 9.17) is 0 Å². The van der Waals surface area contributed by atoms with E-state index in [-0.39, 0.29) is 0 Å². The van der Waals surface area contributed by atoms with E-state index in [2.05, 4.69) is 49.8 Å². The van der Waals surface area contributed by atoms with Crippen molar-refractivity contribution in [2.24, 2.45) is 0 Å². The first-order valence-corrected chi connectivity index (χ1v) is 6.09. The van der Waals surface area contributed by atoms with E-state index in [1.165, 1.54) is 16.8 Å². The highest BCUT2D eigenvalue weighted by molar-refractivity contribution is 9.10. The van der Waals surface area contributed by atoms with Gasteiger partial charge < -0.3 is 4.57 Å². The molecule has 2 aromatic rings. The summed E-state index contributed by atoms with van der Waals surface area (Å²) >= 11 is 3.51. The zero-order valence-corrected chi connectivity index (χ0v) is 10.3. The first-order chi connectivity index (χ1) is 7.83. The van der Waals surface area contributed by atoms with Crippen LogP contribution in [0.1, 0.15) is 17.5 Å². The van der Waals surface area contributed by atoms with Gasteiger partial charge in [-0.15, -0.1) is 0 Å². The predicted molar refractivity (Wildman–Crippen MR) is 68.9 cm³/mol. The minimum absolute atomic E-state index is 1.07. The summed E-state index contributed by atoms with van der Waals surface area (Å²) in [4.78, 5) is 4.08. The molecule has 0 radical (unpaired) electrons. The number of hydrogen-bond donors (Lipinski definition) is 0. The average molecular weight is 275 g/mol. The van der Waals surface area contributed by atoms with Gasteiger partial charge in [-0.05, 0) is 42.2 Å². The van der Waals surface area contributed by atoms with Crippen LogP contribution in [-0.4, -0.2) is 9.55 Å². The molecule has 0 bridgehead atoms. The van der Waals surface area contributed by atoms with E-state index in [9.17, 15) is 0 Å². The van der Waals surface area contributed by atoms with E-state index < -0.39 is 0 Å². The van der Waals surface area contributed by atoms with Gasteiger partial charge in [0.25, 0.3) is 0 Å². The Morgan fingerprint density at radius 1 is 1.25 bits per heavy atom. The van der Waals surface area contributed by atoms with Crippen molar-refractivity contribution < 1.29 is 0 Å². The molecule has 2 nitrogen and oxygen atoms in total. The molecule has 0 aliphatic heterocycles. The monoisotopic (exact) mass is 274 g/mol. The van der Waals surface area contributed by atoms with Crippen LogP contribution in [0.25, 0.3) is 11.8 Å². The highest BCUT2D eigenvalue weighted by Gasteiger charge is 2.11. The summed E-state index contributed by atoms with van der Waals surface area (Å²) in [5.74, 6) is 0. The van der Waals surface area contributed by atoms with Crippen LogP contribution in [0.5, 0.6) is 0 Å². The average Bonchev–Trinajstić information content (AvgIpc) is 2.82. The highest BCUT2D eigenvalue weighted by Crippen LogP contribution is 2.28. The summed E-state index contributed by atoms with van der Waals surface area (Å²) in [5.41, 5.74) is 4.05. The van der Waals surface area contributed by atoms with E-state index in [1.807, 2.05) is 18.7 Å². The van der Waals surface area contributed by atoms with Gasteiger partial charge in [-0.25, -0.2) is 4.98 Å². The van der Waals surface area contributed by atoms with Gasteiger partial charge >= 0.3 is 0 Å². The summed E-state index contributed by atoms with van der Waals surface area (Å²) < 4.78 is 3.25. The number of aromatic nitrogens is 2. The molecule has 0 unspecified atom stereocenters. The highest BCUT2D eigenvalue weighted by atomic mass is 79.9. The van der Waals surface area contributed by atoms with Crippen LogP contribution in [-0.2, 0) is 6.42 Å². The molecule has 0 saturated heterocycles. The van der Waals surface area contributed by atoms with Crippen molar-refractivity contribution in [1.29, 1.82) is 0 Å².